The molecule has 0 bridgehead atoms. The molecule has 0 aliphatic carbocycles. The molecule has 3 aromatic heterocycles. The molecule has 2 aromatic carbocycles. The van der Waals surface area contributed by atoms with Gasteiger partial charge in [0, 0.05) is 34.7 Å². The Morgan fingerprint density at radius 1 is 0.971 bits per heavy atom. The van der Waals surface area contributed by atoms with Crippen molar-refractivity contribution < 1.29 is 4.74 Å². The summed E-state index contributed by atoms with van der Waals surface area (Å²) in [5.74, 6) is 0.870. The van der Waals surface area contributed by atoms with Crippen LogP contribution in [0, 0.1) is 0 Å². The molecule has 0 spiro atoms. The molecule has 5 aromatic rings. The third-order valence-corrected chi connectivity index (χ3v) is 6.92. The van der Waals surface area contributed by atoms with E-state index in [-0.39, 0.29) is 12.3 Å². The smallest absolute Gasteiger partial charge is 0.145 e. The van der Waals surface area contributed by atoms with Gasteiger partial charge in [-0.15, -0.1) is 0 Å². The third kappa shape index (κ3) is 4.85. The number of hydrogen-bond acceptors (Lipinski definition) is 5. The molecule has 0 radical (unpaired) electrons. The molecule has 176 valence electrons. The third-order valence-electron chi connectivity index (χ3n) is 6.67. The van der Waals surface area contributed by atoms with E-state index in [0.29, 0.717) is 6.54 Å². The normalized spacial score (nSPS) is 17.9. The summed E-state index contributed by atoms with van der Waals surface area (Å²) in [6.45, 7) is 0.707. The molecule has 0 amide bonds. The molecule has 7 heteroatoms. The summed E-state index contributed by atoms with van der Waals surface area (Å²) in [5, 5.41) is 6.35. The zero-order valence-electron chi connectivity index (χ0n) is 19.3. The Balaban J connectivity index is 1.08. The molecule has 1 fully saturated rings. The van der Waals surface area contributed by atoms with Crippen molar-refractivity contribution in [2.24, 2.45) is 0 Å². The van der Waals surface area contributed by atoms with E-state index < -0.39 is 0 Å². The van der Waals surface area contributed by atoms with Gasteiger partial charge < -0.3 is 14.6 Å². The Hall–Kier alpha value is -3.48. The van der Waals surface area contributed by atoms with Crippen molar-refractivity contribution in [1.29, 1.82) is 0 Å². The molecule has 4 heterocycles. The SMILES string of the molecule is Clc1ccc(CNc2ccc3ccc(CC[C@@H]4CC[C@H](n5ccc6cncnc65)O4)cc3n2)cc1. The van der Waals surface area contributed by atoms with E-state index in [1.165, 1.54) is 11.1 Å². The molecule has 2 atom stereocenters. The fourth-order valence-electron chi connectivity index (χ4n) is 4.77. The van der Waals surface area contributed by atoms with Gasteiger partial charge >= 0.3 is 0 Å². The Labute approximate surface area is 209 Å². The fourth-order valence-corrected chi connectivity index (χ4v) is 4.90. The highest BCUT2D eigenvalue weighted by Gasteiger charge is 2.27. The van der Waals surface area contributed by atoms with Gasteiger partial charge in [0.15, 0.2) is 0 Å². The van der Waals surface area contributed by atoms with Crippen molar-refractivity contribution in [3.8, 4) is 0 Å². The summed E-state index contributed by atoms with van der Waals surface area (Å²) in [7, 11) is 0. The van der Waals surface area contributed by atoms with Crippen molar-refractivity contribution >= 4 is 39.4 Å². The molecule has 1 aliphatic rings. The maximum atomic E-state index is 6.39. The van der Waals surface area contributed by atoms with Crippen LogP contribution in [0.5, 0.6) is 0 Å². The molecule has 35 heavy (non-hydrogen) atoms. The summed E-state index contributed by atoms with van der Waals surface area (Å²) in [6.07, 6.45) is 9.79. The van der Waals surface area contributed by atoms with Gasteiger partial charge in [-0.05, 0) is 73.2 Å². The number of hydrogen-bond donors (Lipinski definition) is 1. The van der Waals surface area contributed by atoms with Crippen molar-refractivity contribution in [2.75, 3.05) is 5.32 Å². The number of rotatable bonds is 7. The van der Waals surface area contributed by atoms with Crippen LogP contribution in [0.15, 0.2) is 79.4 Å². The van der Waals surface area contributed by atoms with E-state index in [4.69, 9.17) is 21.3 Å². The van der Waals surface area contributed by atoms with Gasteiger partial charge in [-0.2, -0.15) is 0 Å². The minimum Gasteiger partial charge on any atom is -0.366 e. The summed E-state index contributed by atoms with van der Waals surface area (Å²) in [6, 6.07) is 20.6. The predicted octanol–water partition coefficient (Wildman–Crippen LogP) is 6.56. The second-order valence-electron chi connectivity index (χ2n) is 9.06. The summed E-state index contributed by atoms with van der Waals surface area (Å²) >= 11 is 5.98. The average molecular weight is 484 g/mol. The number of halogens is 1. The summed E-state index contributed by atoms with van der Waals surface area (Å²) < 4.78 is 8.53. The zero-order chi connectivity index (χ0) is 23.6. The fraction of sp³-hybridized carbons (Fsp3) is 0.250. The van der Waals surface area contributed by atoms with Gasteiger partial charge in [-0.25, -0.2) is 15.0 Å². The minimum absolute atomic E-state index is 0.0416. The van der Waals surface area contributed by atoms with Gasteiger partial charge in [0.25, 0.3) is 0 Å². The summed E-state index contributed by atoms with van der Waals surface area (Å²) in [5.41, 5.74) is 4.39. The van der Waals surface area contributed by atoms with Crippen molar-refractivity contribution in [2.45, 2.75) is 44.6 Å². The topological polar surface area (TPSA) is 64.9 Å². The largest absolute Gasteiger partial charge is 0.366 e. The number of pyridine rings is 1. The van der Waals surface area contributed by atoms with Crippen LogP contribution in [0.3, 0.4) is 0 Å². The lowest BCUT2D eigenvalue weighted by Gasteiger charge is -2.16. The number of anilines is 1. The van der Waals surface area contributed by atoms with Crippen LogP contribution in [0.25, 0.3) is 21.9 Å². The van der Waals surface area contributed by atoms with E-state index in [2.05, 4.69) is 50.3 Å². The lowest BCUT2D eigenvalue weighted by molar-refractivity contribution is 0.00120. The molecule has 1 N–H and O–H groups in total. The lowest BCUT2D eigenvalue weighted by Crippen LogP contribution is -2.12. The maximum Gasteiger partial charge on any atom is 0.145 e. The van der Waals surface area contributed by atoms with Gasteiger partial charge in [0.1, 0.15) is 24.0 Å². The second-order valence-corrected chi connectivity index (χ2v) is 9.49. The minimum atomic E-state index is 0.0416. The molecule has 1 saturated heterocycles. The first-order valence-electron chi connectivity index (χ1n) is 12.0. The first-order valence-corrected chi connectivity index (χ1v) is 12.4. The number of benzene rings is 2. The number of nitrogens with zero attached hydrogens (tertiary/aromatic N) is 4. The standard InChI is InChI=1S/C28H26ClN5O/c29-23-7-2-20(3-8-23)16-31-26-11-6-21-5-1-19(15-25(21)33-26)4-9-24-10-12-27(35-24)34-14-13-22-17-30-18-32-28(22)34/h1-3,5-8,11,13-15,17-18,24,27H,4,9-10,12,16H2,(H,31,33)/t24-,27-/m1/s1. The molecule has 0 saturated carbocycles. The van der Waals surface area contributed by atoms with E-state index >= 15 is 0 Å². The van der Waals surface area contributed by atoms with Crippen LogP contribution in [0.2, 0.25) is 5.02 Å². The Kier molecular flexibility index (Phi) is 6.06. The Morgan fingerprint density at radius 2 is 1.83 bits per heavy atom. The number of ether oxygens (including phenoxy) is 1. The van der Waals surface area contributed by atoms with E-state index in [0.717, 1.165) is 58.5 Å². The van der Waals surface area contributed by atoms with Crippen LogP contribution in [-0.2, 0) is 17.7 Å². The Morgan fingerprint density at radius 3 is 2.74 bits per heavy atom. The van der Waals surface area contributed by atoms with Gasteiger partial charge in [0.2, 0.25) is 0 Å². The van der Waals surface area contributed by atoms with Crippen molar-refractivity contribution in [3.05, 3.63) is 95.5 Å². The quantitative estimate of drug-likeness (QED) is 0.284. The highest BCUT2D eigenvalue weighted by Crippen LogP contribution is 2.33. The molecule has 6 rings (SSSR count). The van der Waals surface area contributed by atoms with E-state index in [1.54, 1.807) is 6.33 Å². The molecular weight excluding hydrogens is 458 g/mol. The molecule has 0 unspecified atom stereocenters. The average Bonchev–Trinajstić information content (AvgIpc) is 3.54. The number of aryl methyl sites for hydroxylation is 1. The first-order chi connectivity index (χ1) is 17.2. The highest BCUT2D eigenvalue weighted by atomic mass is 35.5. The second kappa shape index (κ2) is 9.64. The van der Waals surface area contributed by atoms with Crippen LogP contribution < -0.4 is 5.32 Å². The predicted molar refractivity (Wildman–Crippen MR) is 140 cm³/mol. The number of fused-ring (bicyclic) bond motifs is 2. The van der Waals surface area contributed by atoms with Crippen LogP contribution in [-0.4, -0.2) is 25.6 Å². The van der Waals surface area contributed by atoms with E-state index in [1.807, 2.05) is 42.6 Å². The zero-order valence-corrected chi connectivity index (χ0v) is 20.0. The first kappa shape index (κ1) is 22.0. The van der Waals surface area contributed by atoms with E-state index in [9.17, 15) is 0 Å². The molecular formula is C28H26ClN5O. The lowest BCUT2D eigenvalue weighted by atomic mass is 10.0. The molecule has 6 nitrogen and oxygen atoms in total. The Bertz CT molecular complexity index is 1470. The van der Waals surface area contributed by atoms with Crippen LogP contribution in [0.4, 0.5) is 5.82 Å². The van der Waals surface area contributed by atoms with Crippen molar-refractivity contribution in [3.63, 3.8) is 0 Å². The number of aromatic nitrogens is 4. The summed E-state index contributed by atoms with van der Waals surface area (Å²) in [4.78, 5) is 13.4. The van der Waals surface area contributed by atoms with Gasteiger partial charge in [-0.3, -0.25) is 0 Å². The number of nitrogens with one attached hydrogen (secondary N) is 1. The highest BCUT2D eigenvalue weighted by molar-refractivity contribution is 6.30. The van der Waals surface area contributed by atoms with Gasteiger partial charge in [0.05, 0.1) is 11.6 Å². The van der Waals surface area contributed by atoms with Crippen LogP contribution >= 0.6 is 11.6 Å². The van der Waals surface area contributed by atoms with Crippen molar-refractivity contribution in [1.82, 2.24) is 19.5 Å². The monoisotopic (exact) mass is 483 g/mol. The maximum absolute atomic E-state index is 6.39. The van der Waals surface area contributed by atoms with Gasteiger partial charge in [-0.1, -0.05) is 35.9 Å². The van der Waals surface area contributed by atoms with Crippen LogP contribution in [0.1, 0.15) is 36.6 Å². The molecule has 1 aliphatic heterocycles.